The highest BCUT2D eigenvalue weighted by molar-refractivity contribution is 4.66. The minimum absolute atomic E-state index is 0.414. The second-order valence-electron chi connectivity index (χ2n) is 3.99. The largest absolute Gasteiger partial charge is 0.379 e. The molecule has 5 heteroatoms. The van der Waals surface area contributed by atoms with Crippen LogP contribution in [0.1, 0.15) is 12.8 Å². The minimum atomic E-state index is 0.414. The van der Waals surface area contributed by atoms with E-state index in [1.807, 2.05) is 0 Å². The Morgan fingerprint density at radius 2 is 1.81 bits per heavy atom. The maximum atomic E-state index is 5.46. The number of morpholine rings is 2. The zero-order valence-electron chi connectivity index (χ0n) is 10.0. The molecule has 0 bridgehead atoms. The predicted molar refractivity (Wildman–Crippen MR) is 64.6 cm³/mol. The third kappa shape index (κ3) is 7.14. The molecule has 5 nitrogen and oxygen atoms in total. The molecule has 96 valence electrons. The van der Waals surface area contributed by atoms with E-state index in [9.17, 15) is 0 Å². The fraction of sp³-hybridized carbons (Fsp3) is 1.00. The molecule has 4 N–H and O–H groups in total. The second-order valence-corrected chi connectivity index (χ2v) is 3.99. The van der Waals surface area contributed by atoms with Crippen molar-refractivity contribution in [2.45, 2.75) is 18.9 Å². The molecule has 16 heavy (non-hydrogen) atoms. The Bertz CT molecular complexity index is 137. The summed E-state index contributed by atoms with van der Waals surface area (Å²) >= 11 is 0. The molecule has 2 saturated heterocycles. The molecule has 2 aliphatic heterocycles. The van der Waals surface area contributed by atoms with Crippen molar-refractivity contribution in [1.82, 2.24) is 10.6 Å². The minimum Gasteiger partial charge on any atom is -0.379 e. The topological polar surface area (TPSA) is 68.5 Å². The van der Waals surface area contributed by atoms with Gasteiger partial charge in [-0.25, -0.2) is 0 Å². The molecule has 0 aromatic rings. The molecule has 0 aromatic carbocycles. The van der Waals surface area contributed by atoms with Gasteiger partial charge >= 0.3 is 0 Å². The van der Waals surface area contributed by atoms with Crippen molar-refractivity contribution in [1.29, 1.82) is 0 Å². The summed E-state index contributed by atoms with van der Waals surface area (Å²) < 4.78 is 10.5. The number of hydrogen-bond donors (Lipinski definition) is 3. The molecule has 2 aliphatic rings. The smallest absolute Gasteiger partial charge is 0.0700 e. The lowest BCUT2D eigenvalue weighted by Crippen LogP contribution is -2.38. The summed E-state index contributed by atoms with van der Waals surface area (Å²) in [5.74, 6) is 0. The second kappa shape index (κ2) is 9.99. The van der Waals surface area contributed by atoms with Crippen molar-refractivity contribution in [3.63, 3.8) is 0 Å². The number of nitrogens with two attached hydrogens (primary N) is 1. The molecular weight excluding hydrogens is 206 g/mol. The van der Waals surface area contributed by atoms with Gasteiger partial charge in [0.1, 0.15) is 0 Å². The summed E-state index contributed by atoms with van der Waals surface area (Å²) in [5.41, 5.74) is 5.37. The zero-order chi connectivity index (χ0) is 11.5. The van der Waals surface area contributed by atoms with Crippen molar-refractivity contribution in [3.05, 3.63) is 0 Å². The van der Waals surface area contributed by atoms with Crippen LogP contribution in [-0.4, -0.2) is 58.6 Å². The highest BCUT2D eigenvalue weighted by Crippen LogP contribution is 2.02. The van der Waals surface area contributed by atoms with Crippen LogP contribution in [0.2, 0.25) is 0 Å². The van der Waals surface area contributed by atoms with E-state index in [0.29, 0.717) is 6.10 Å². The van der Waals surface area contributed by atoms with Crippen LogP contribution in [0.25, 0.3) is 0 Å². The van der Waals surface area contributed by atoms with Gasteiger partial charge in [-0.1, -0.05) is 0 Å². The van der Waals surface area contributed by atoms with Gasteiger partial charge in [-0.15, -0.1) is 0 Å². The zero-order valence-corrected chi connectivity index (χ0v) is 10.0. The van der Waals surface area contributed by atoms with E-state index >= 15 is 0 Å². The van der Waals surface area contributed by atoms with Crippen LogP contribution in [-0.2, 0) is 9.47 Å². The van der Waals surface area contributed by atoms with Crippen LogP contribution in [0.3, 0.4) is 0 Å². The van der Waals surface area contributed by atoms with Crippen molar-refractivity contribution in [2.24, 2.45) is 5.73 Å². The standard InChI is InChI=1S/C7H16N2O.C4H9NO/c8-3-1-2-7-6-9-4-5-10-7;1-3-6-4-2-5-1/h7,9H,1-6,8H2;5H,1-4H2. The maximum absolute atomic E-state index is 5.46. The molecule has 2 fully saturated rings. The average molecular weight is 231 g/mol. The first-order valence-electron chi connectivity index (χ1n) is 6.24. The number of rotatable bonds is 3. The van der Waals surface area contributed by atoms with Crippen LogP contribution in [0.15, 0.2) is 0 Å². The van der Waals surface area contributed by atoms with Crippen LogP contribution in [0.5, 0.6) is 0 Å². The molecule has 0 aliphatic carbocycles. The van der Waals surface area contributed by atoms with E-state index in [-0.39, 0.29) is 0 Å². The van der Waals surface area contributed by atoms with Crippen molar-refractivity contribution in [3.8, 4) is 0 Å². The molecule has 1 unspecified atom stereocenters. The quantitative estimate of drug-likeness (QED) is 0.600. The van der Waals surface area contributed by atoms with Gasteiger partial charge in [0.05, 0.1) is 25.9 Å². The van der Waals surface area contributed by atoms with E-state index in [4.69, 9.17) is 15.2 Å². The Labute approximate surface area is 98.0 Å². The molecular formula is C11H25N3O2. The molecule has 0 saturated carbocycles. The maximum Gasteiger partial charge on any atom is 0.0700 e. The predicted octanol–water partition coefficient (Wildman–Crippen LogP) is -0.680. The lowest BCUT2D eigenvalue weighted by Gasteiger charge is -2.23. The van der Waals surface area contributed by atoms with Gasteiger partial charge in [0.25, 0.3) is 0 Å². The van der Waals surface area contributed by atoms with Crippen molar-refractivity contribution in [2.75, 3.05) is 52.5 Å². The van der Waals surface area contributed by atoms with Crippen LogP contribution < -0.4 is 16.4 Å². The third-order valence-electron chi connectivity index (χ3n) is 2.58. The summed E-state index contributed by atoms with van der Waals surface area (Å²) in [6.45, 7) is 7.47. The van der Waals surface area contributed by atoms with Gasteiger partial charge in [0.2, 0.25) is 0 Å². The van der Waals surface area contributed by atoms with Crippen molar-refractivity contribution < 1.29 is 9.47 Å². The first-order valence-corrected chi connectivity index (χ1v) is 6.24. The van der Waals surface area contributed by atoms with Gasteiger partial charge in [0.15, 0.2) is 0 Å². The molecule has 0 aromatic heterocycles. The van der Waals surface area contributed by atoms with E-state index in [1.165, 1.54) is 0 Å². The molecule has 2 heterocycles. The van der Waals surface area contributed by atoms with E-state index < -0.39 is 0 Å². The van der Waals surface area contributed by atoms with E-state index in [1.54, 1.807) is 0 Å². The Hall–Kier alpha value is -0.200. The number of hydrogen-bond acceptors (Lipinski definition) is 5. The summed E-state index contributed by atoms with van der Waals surface area (Å²) in [7, 11) is 0. The van der Waals surface area contributed by atoms with E-state index in [0.717, 1.165) is 65.4 Å². The van der Waals surface area contributed by atoms with Crippen molar-refractivity contribution >= 4 is 0 Å². The highest BCUT2D eigenvalue weighted by atomic mass is 16.5. The summed E-state index contributed by atoms with van der Waals surface area (Å²) in [4.78, 5) is 0. The SMILES string of the molecule is C1COCCN1.NCCCC1CNCCO1. The van der Waals surface area contributed by atoms with Crippen LogP contribution >= 0.6 is 0 Å². The van der Waals surface area contributed by atoms with Gasteiger partial charge in [-0.2, -0.15) is 0 Å². The van der Waals surface area contributed by atoms with Gasteiger partial charge in [-0.3, -0.25) is 0 Å². The first kappa shape index (κ1) is 13.9. The van der Waals surface area contributed by atoms with E-state index in [2.05, 4.69) is 10.6 Å². The summed E-state index contributed by atoms with van der Waals surface area (Å²) in [6, 6.07) is 0. The molecule has 2 rings (SSSR count). The first-order chi connectivity index (χ1) is 7.93. The number of ether oxygens (including phenoxy) is 2. The summed E-state index contributed by atoms with van der Waals surface area (Å²) in [6.07, 6.45) is 2.59. The Balaban J connectivity index is 0.000000181. The van der Waals surface area contributed by atoms with Gasteiger partial charge < -0.3 is 25.8 Å². The van der Waals surface area contributed by atoms with Crippen LogP contribution in [0.4, 0.5) is 0 Å². The normalized spacial score (nSPS) is 25.7. The lowest BCUT2D eigenvalue weighted by atomic mass is 10.2. The van der Waals surface area contributed by atoms with Crippen LogP contribution in [0, 0.1) is 0 Å². The Morgan fingerprint density at radius 1 is 1.06 bits per heavy atom. The fourth-order valence-corrected chi connectivity index (χ4v) is 1.67. The molecule has 0 amide bonds. The monoisotopic (exact) mass is 231 g/mol. The highest BCUT2D eigenvalue weighted by Gasteiger charge is 2.11. The molecule has 0 radical (unpaired) electrons. The van der Waals surface area contributed by atoms with Gasteiger partial charge in [-0.05, 0) is 19.4 Å². The fourth-order valence-electron chi connectivity index (χ4n) is 1.67. The Kier molecular flexibility index (Phi) is 8.65. The third-order valence-corrected chi connectivity index (χ3v) is 2.58. The number of nitrogens with one attached hydrogen (secondary N) is 2. The lowest BCUT2D eigenvalue weighted by molar-refractivity contribution is 0.0228. The molecule has 1 atom stereocenters. The molecule has 0 spiro atoms. The Morgan fingerprint density at radius 3 is 2.25 bits per heavy atom. The summed E-state index contributed by atoms with van der Waals surface area (Å²) in [5, 5.41) is 6.44. The van der Waals surface area contributed by atoms with Gasteiger partial charge in [0, 0.05) is 26.2 Å². The average Bonchev–Trinajstić information content (AvgIpc) is 2.40.